The van der Waals surface area contributed by atoms with Crippen LogP contribution in [0.4, 0.5) is 0 Å². The average Bonchev–Trinajstić information content (AvgIpc) is 2.35. The molecule has 0 aliphatic carbocycles. The largest absolute Gasteiger partial charge is 0.491 e. The predicted octanol–water partition coefficient (Wildman–Crippen LogP) is 2.90. The van der Waals surface area contributed by atoms with Crippen molar-refractivity contribution in [3.8, 4) is 5.75 Å². The maximum absolute atomic E-state index is 5.81. The summed E-state index contributed by atoms with van der Waals surface area (Å²) in [5.74, 6) is 0.988. The van der Waals surface area contributed by atoms with Crippen LogP contribution in [0.2, 0.25) is 0 Å². The van der Waals surface area contributed by atoms with Crippen LogP contribution in [0.1, 0.15) is 33.3 Å². The Kier molecular flexibility index (Phi) is 6.89. The van der Waals surface area contributed by atoms with Gasteiger partial charge in [0.1, 0.15) is 5.75 Å². The number of likely N-dealkylation sites (N-methyl/N-ethyl adjacent to an activating group) is 1. The van der Waals surface area contributed by atoms with Gasteiger partial charge in [-0.3, -0.25) is 0 Å². The minimum absolute atomic E-state index is 0.216. The maximum Gasteiger partial charge on any atom is 0.124 e. The van der Waals surface area contributed by atoms with Gasteiger partial charge in [0.15, 0.2) is 0 Å². The summed E-state index contributed by atoms with van der Waals surface area (Å²) in [6.07, 6.45) is 0.216. The summed E-state index contributed by atoms with van der Waals surface area (Å²) in [5.41, 5.74) is 1.23. The molecular formula is C16H28N2O. The van der Waals surface area contributed by atoms with Crippen molar-refractivity contribution in [1.82, 2.24) is 10.2 Å². The van der Waals surface area contributed by atoms with Crippen molar-refractivity contribution in [1.29, 1.82) is 0 Å². The summed E-state index contributed by atoms with van der Waals surface area (Å²) in [5, 5.41) is 3.48. The molecule has 0 aliphatic heterocycles. The molecule has 1 rings (SSSR count). The second-order valence-corrected chi connectivity index (χ2v) is 5.53. The van der Waals surface area contributed by atoms with E-state index in [0.29, 0.717) is 6.04 Å². The highest BCUT2D eigenvalue weighted by atomic mass is 16.5. The molecule has 0 radical (unpaired) electrons. The lowest BCUT2D eigenvalue weighted by molar-refractivity contribution is 0.239. The fraction of sp³-hybridized carbons (Fsp3) is 0.625. The van der Waals surface area contributed by atoms with E-state index in [0.717, 1.165) is 25.4 Å². The first-order chi connectivity index (χ1) is 9.00. The lowest BCUT2D eigenvalue weighted by atomic mass is 10.2. The van der Waals surface area contributed by atoms with Crippen LogP contribution in [0.3, 0.4) is 0 Å². The number of ether oxygens (including phenoxy) is 1. The Morgan fingerprint density at radius 3 is 2.47 bits per heavy atom. The van der Waals surface area contributed by atoms with Crippen LogP contribution in [0, 0.1) is 0 Å². The van der Waals surface area contributed by atoms with Crippen LogP contribution in [-0.4, -0.2) is 37.2 Å². The third-order valence-electron chi connectivity index (χ3n) is 3.17. The molecule has 1 N–H and O–H groups in total. The van der Waals surface area contributed by atoms with Gasteiger partial charge in [-0.05, 0) is 40.8 Å². The van der Waals surface area contributed by atoms with Crippen LogP contribution >= 0.6 is 0 Å². The Morgan fingerprint density at radius 1 is 1.16 bits per heavy atom. The molecule has 0 saturated carbocycles. The molecule has 0 aliphatic rings. The normalized spacial score (nSPS) is 11.6. The number of nitrogens with zero attached hydrogens (tertiary/aromatic N) is 1. The second-order valence-electron chi connectivity index (χ2n) is 5.53. The molecule has 0 fully saturated rings. The highest BCUT2D eigenvalue weighted by Gasteiger charge is 2.05. The number of rotatable bonds is 8. The molecule has 0 bridgehead atoms. The van der Waals surface area contributed by atoms with Gasteiger partial charge < -0.3 is 15.0 Å². The molecule has 0 atom stereocenters. The Labute approximate surface area is 118 Å². The first kappa shape index (κ1) is 16.0. The summed E-state index contributed by atoms with van der Waals surface area (Å²) >= 11 is 0. The van der Waals surface area contributed by atoms with Gasteiger partial charge in [0, 0.05) is 31.2 Å². The molecule has 0 heterocycles. The summed E-state index contributed by atoms with van der Waals surface area (Å²) in [7, 11) is 2.15. The van der Waals surface area contributed by atoms with E-state index in [-0.39, 0.29) is 6.10 Å². The topological polar surface area (TPSA) is 24.5 Å². The molecule has 3 nitrogen and oxygen atoms in total. The molecular weight excluding hydrogens is 236 g/mol. The number of hydrogen-bond acceptors (Lipinski definition) is 3. The Hall–Kier alpha value is -1.06. The zero-order valence-electron chi connectivity index (χ0n) is 12.9. The van der Waals surface area contributed by atoms with Crippen LogP contribution in [0.5, 0.6) is 5.75 Å². The van der Waals surface area contributed by atoms with Gasteiger partial charge in [0.2, 0.25) is 0 Å². The van der Waals surface area contributed by atoms with Gasteiger partial charge in [0.25, 0.3) is 0 Å². The third kappa shape index (κ3) is 6.08. The second kappa shape index (κ2) is 8.18. The molecule has 1 aromatic carbocycles. The third-order valence-corrected chi connectivity index (χ3v) is 3.17. The van der Waals surface area contributed by atoms with Crippen molar-refractivity contribution in [3.63, 3.8) is 0 Å². The highest BCUT2D eigenvalue weighted by molar-refractivity contribution is 5.33. The smallest absolute Gasteiger partial charge is 0.124 e. The lowest BCUT2D eigenvalue weighted by Crippen LogP contribution is -2.33. The molecule has 3 heteroatoms. The molecule has 0 amide bonds. The van der Waals surface area contributed by atoms with Gasteiger partial charge >= 0.3 is 0 Å². The van der Waals surface area contributed by atoms with Gasteiger partial charge in [-0.1, -0.05) is 18.2 Å². The minimum Gasteiger partial charge on any atom is -0.491 e. The predicted molar refractivity (Wildman–Crippen MR) is 81.7 cm³/mol. The van der Waals surface area contributed by atoms with E-state index < -0.39 is 0 Å². The van der Waals surface area contributed by atoms with E-state index in [2.05, 4.69) is 57.1 Å². The number of hydrogen-bond donors (Lipinski definition) is 1. The van der Waals surface area contributed by atoms with E-state index in [9.17, 15) is 0 Å². The summed E-state index contributed by atoms with van der Waals surface area (Å²) < 4.78 is 5.81. The quantitative estimate of drug-likeness (QED) is 0.731. The molecule has 108 valence electrons. The fourth-order valence-electron chi connectivity index (χ4n) is 1.76. The number of nitrogens with one attached hydrogen (secondary N) is 1. The van der Waals surface area contributed by atoms with E-state index in [4.69, 9.17) is 4.74 Å². The van der Waals surface area contributed by atoms with Crippen molar-refractivity contribution in [2.45, 2.75) is 46.4 Å². The van der Waals surface area contributed by atoms with Crippen molar-refractivity contribution in [2.75, 3.05) is 20.1 Å². The molecule has 0 saturated heterocycles. The first-order valence-electron chi connectivity index (χ1n) is 7.16. The zero-order valence-corrected chi connectivity index (χ0v) is 12.9. The standard InChI is InChI=1S/C16H28N2O/c1-13(2)18(5)11-10-17-12-15-8-6-7-9-16(15)19-14(3)4/h6-9,13-14,17H,10-12H2,1-5H3. The van der Waals surface area contributed by atoms with E-state index in [1.54, 1.807) is 0 Å². The summed E-state index contributed by atoms with van der Waals surface area (Å²) in [4.78, 5) is 2.34. The van der Waals surface area contributed by atoms with Crippen molar-refractivity contribution < 1.29 is 4.74 Å². The Bertz CT molecular complexity index is 364. The molecule has 0 spiro atoms. The SMILES string of the molecule is CC(C)Oc1ccccc1CNCCN(C)C(C)C. The fourth-order valence-corrected chi connectivity index (χ4v) is 1.76. The molecule has 0 aromatic heterocycles. The minimum atomic E-state index is 0.216. The monoisotopic (exact) mass is 264 g/mol. The van der Waals surface area contributed by atoms with Crippen molar-refractivity contribution in [2.24, 2.45) is 0 Å². The molecule has 1 aromatic rings. The van der Waals surface area contributed by atoms with Crippen LogP contribution < -0.4 is 10.1 Å². The Morgan fingerprint density at radius 2 is 1.84 bits per heavy atom. The lowest BCUT2D eigenvalue weighted by Gasteiger charge is -2.21. The van der Waals surface area contributed by atoms with Crippen molar-refractivity contribution >= 4 is 0 Å². The zero-order chi connectivity index (χ0) is 14.3. The van der Waals surface area contributed by atoms with Crippen molar-refractivity contribution in [3.05, 3.63) is 29.8 Å². The average molecular weight is 264 g/mol. The van der Waals surface area contributed by atoms with Gasteiger partial charge in [-0.15, -0.1) is 0 Å². The van der Waals surface area contributed by atoms with Crippen LogP contribution in [0.25, 0.3) is 0 Å². The summed E-state index contributed by atoms with van der Waals surface area (Å²) in [6, 6.07) is 8.84. The summed E-state index contributed by atoms with van der Waals surface area (Å²) in [6.45, 7) is 11.4. The number of para-hydroxylation sites is 1. The Balaban J connectivity index is 2.40. The maximum atomic E-state index is 5.81. The van der Waals surface area contributed by atoms with E-state index in [1.807, 2.05) is 12.1 Å². The molecule has 19 heavy (non-hydrogen) atoms. The molecule has 0 unspecified atom stereocenters. The van der Waals surface area contributed by atoms with Gasteiger partial charge in [-0.25, -0.2) is 0 Å². The first-order valence-corrected chi connectivity index (χ1v) is 7.16. The van der Waals surface area contributed by atoms with Crippen LogP contribution in [-0.2, 0) is 6.54 Å². The van der Waals surface area contributed by atoms with Crippen LogP contribution in [0.15, 0.2) is 24.3 Å². The van der Waals surface area contributed by atoms with E-state index >= 15 is 0 Å². The number of benzene rings is 1. The highest BCUT2D eigenvalue weighted by Crippen LogP contribution is 2.18. The van der Waals surface area contributed by atoms with E-state index in [1.165, 1.54) is 5.56 Å². The van der Waals surface area contributed by atoms with Gasteiger partial charge in [-0.2, -0.15) is 0 Å². The van der Waals surface area contributed by atoms with Gasteiger partial charge in [0.05, 0.1) is 6.10 Å².